The van der Waals surface area contributed by atoms with Gasteiger partial charge in [-0.15, -0.1) is 0 Å². The standard InChI is InChI=1S/C34H50N8O7S/c1-5-18(3)28-33(48)40-25(16-26(35)43)31(46)39-23(30(36)45)11-13-50-14-12-27(44)38-24(15-20-17-37-22-10-8-7-9-21(20)22)32(47)41-29(19(4)6-2)34(49)42-28/h7-10,17-19,23-25,28-29,37H,5-6,11-16H2,1-4H3,(H2,35,43)(H2,36,45)(H,38,44)(H,39,46)(H,40,48)(H,41,47)(H,42,49)/t18-,19-,23-,24?,25?,28-,29-/m0/s1. The molecule has 50 heavy (non-hydrogen) atoms. The van der Waals surface area contributed by atoms with Gasteiger partial charge in [-0.25, -0.2) is 0 Å². The van der Waals surface area contributed by atoms with Crippen LogP contribution in [0.3, 0.4) is 0 Å². The number of H-pyrrole nitrogens is 1. The van der Waals surface area contributed by atoms with Crippen molar-refractivity contribution in [3.05, 3.63) is 36.0 Å². The molecule has 10 N–H and O–H groups in total. The van der Waals surface area contributed by atoms with Gasteiger partial charge >= 0.3 is 0 Å². The molecule has 1 aromatic heterocycles. The lowest BCUT2D eigenvalue weighted by molar-refractivity contribution is -0.137. The molecule has 1 saturated heterocycles. The van der Waals surface area contributed by atoms with E-state index in [9.17, 15) is 33.6 Å². The average Bonchev–Trinajstić information content (AvgIpc) is 3.49. The molecule has 1 aromatic carbocycles. The van der Waals surface area contributed by atoms with Crippen LogP contribution in [0.25, 0.3) is 10.9 Å². The molecule has 3 rings (SSSR count). The third-order valence-corrected chi connectivity index (χ3v) is 10.1. The average molecular weight is 715 g/mol. The maximum absolute atomic E-state index is 14.0. The first-order valence-corrected chi connectivity index (χ1v) is 18.1. The normalized spacial score (nSPS) is 24.9. The molecule has 2 heterocycles. The van der Waals surface area contributed by atoms with Crippen molar-refractivity contribution in [3.8, 4) is 0 Å². The van der Waals surface area contributed by atoms with Crippen LogP contribution < -0.4 is 38.1 Å². The number of benzene rings is 1. The van der Waals surface area contributed by atoms with Crippen LogP contribution in [0.15, 0.2) is 30.5 Å². The number of aromatic nitrogens is 1. The number of carbonyl (C=O) groups is 7. The molecule has 0 radical (unpaired) electrons. The fourth-order valence-electron chi connectivity index (χ4n) is 5.59. The van der Waals surface area contributed by atoms with Crippen LogP contribution in [0.2, 0.25) is 0 Å². The van der Waals surface area contributed by atoms with Gasteiger partial charge in [0, 0.05) is 35.7 Å². The molecule has 15 nitrogen and oxygen atoms in total. The quantitative estimate of drug-likeness (QED) is 0.177. The van der Waals surface area contributed by atoms with Gasteiger partial charge in [0.25, 0.3) is 0 Å². The number of rotatable bonds is 9. The predicted octanol–water partition coefficient (Wildman–Crippen LogP) is 0.114. The Hall–Kier alpha value is -4.60. The Morgan fingerprint density at radius 2 is 1.40 bits per heavy atom. The minimum atomic E-state index is -1.46. The molecule has 2 aromatic rings. The van der Waals surface area contributed by atoms with Gasteiger partial charge in [0.2, 0.25) is 41.4 Å². The Kier molecular flexibility index (Phi) is 15.1. The largest absolute Gasteiger partial charge is 0.370 e. The van der Waals surface area contributed by atoms with Crippen LogP contribution in [0.1, 0.15) is 65.4 Å². The number of hydrogen-bond acceptors (Lipinski definition) is 8. The second kappa shape index (κ2) is 19.0. The molecule has 274 valence electrons. The summed E-state index contributed by atoms with van der Waals surface area (Å²) in [6.07, 6.45) is 2.46. The molecular weight excluding hydrogens is 664 g/mol. The molecule has 1 aliphatic heterocycles. The highest BCUT2D eigenvalue weighted by Gasteiger charge is 2.36. The van der Waals surface area contributed by atoms with E-state index in [1.165, 1.54) is 11.8 Å². The molecule has 0 saturated carbocycles. The van der Waals surface area contributed by atoms with Gasteiger partial charge in [-0.1, -0.05) is 58.7 Å². The summed E-state index contributed by atoms with van der Waals surface area (Å²) in [5.74, 6) is -5.05. The van der Waals surface area contributed by atoms with Crippen molar-refractivity contribution in [2.24, 2.45) is 23.3 Å². The van der Waals surface area contributed by atoms with Gasteiger partial charge in [0.05, 0.1) is 6.42 Å². The smallest absolute Gasteiger partial charge is 0.243 e. The fourth-order valence-corrected chi connectivity index (χ4v) is 6.53. The highest BCUT2D eigenvalue weighted by atomic mass is 32.2. The lowest BCUT2D eigenvalue weighted by Crippen LogP contribution is -2.61. The minimum absolute atomic E-state index is 0.0501. The third kappa shape index (κ3) is 11.2. The molecule has 0 bridgehead atoms. The Morgan fingerprint density at radius 3 is 2.02 bits per heavy atom. The highest BCUT2D eigenvalue weighted by molar-refractivity contribution is 7.99. The first-order valence-electron chi connectivity index (χ1n) is 17.0. The molecule has 0 aliphatic carbocycles. The predicted molar refractivity (Wildman–Crippen MR) is 190 cm³/mol. The first kappa shape index (κ1) is 39.8. The molecule has 16 heteroatoms. The topological polar surface area (TPSA) is 247 Å². The molecule has 7 atom stereocenters. The highest BCUT2D eigenvalue weighted by Crippen LogP contribution is 2.20. The number of primary amides is 2. The van der Waals surface area contributed by atoms with Crippen LogP contribution in [0.4, 0.5) is 0 Å². The van der Waals surface area contributed by atoms with E-state index in [1.54, 1.807) is 20.0 Å². The van der Waals surface area contributed by atoms with E-state index in [2.05, 4.69) is 31.6 Å². The Labute approximate surface area is 295 Å². The summed E-state index contributed by atoms with van der Waals surface area (Å²) in [5.41, 5.74) is 12.6. The number of nitrogens with one attached hydrogen (secondary N) is 6. The number of carbonyl (C=O) groups excluding carboxylic acids is 7. The van der Waals surface area contributed by atoms with E-state index in [1.807, 2.05) is 38.1 Å². The number of amides is 7. The summed E-state index contributed by atoms with van der Waals surface area (Å²) in [6, 6.07) is 1.69. The zero-order valence-corrected chi connectivity index (χ0v) is 29.8. The molecule has 2 unspecified atom stereocenters. The van der Waals surface area contributed by atoms with Crippen LogP contribution >= 0.6 is 11.8 Å². The molecule has 1 aliphatic rings. The van der Waals surface area contributed by atoms with Crippen molar-refractivity contribution in [2.75, 3.05) is 11.5 Å². The summed E-state index contributed by atoms with van der Waals surface area (Å²) in [4.78, 5) is 95.3. The van der Waals surface area contributed by atoms with E-state index in [0.29, 0.717) is 24.3 Å². The van der Waals surface area contributed by atoms with Gasteiger partial charge in [-0.2, -0.15) is 11.8 Å². The van der Waals surface area contributed by atoms with Crippen LogP contribution in [0.5, 0.6) is 0 Å². The van der Waals surface area contributed by atoms with E-state index >= 15 is 0 Å². The summed E-state index contributed by atoms with van der Waals surface area (Å²) < 4.78 is 0. The van der Waals surface area contributed by atoms with Crippen molar-refractivity contribution < 1.29 is 33.6 Å². The molecule has 0 spiro atoms. The fraction of sp³-hybridized carbons (Fsp3) is 0.559. The summed E-state index contributed by atoms with van der Waals surface area (Å²) in [7, 11) is 0. The van der Waals surface area contributed by atoms with Gasteiger partial charge in [0.1, 0.15) is 30.2 Å². The number of para-hydroxylation sites is 1. The minimum Gasteiger partial charge on any atom is -0.370 e. The Morgan fingerprint density at radius 1 is 0.800 bits per heavy atom. The van der Waals surface area contributed by atoms with Crippen LogP contribution in [-0.2, 0) is 40.0 Å². The van der Waals surface area contributed by atoms with Crippen LogP contribution in [0, 0.1) is 11.8 Å². The number of nitrogens with two attached hydrogens (primary N) is 2. The zero-order valence-electron chi connectivity index (χ0n) is 29.0. The van der Waals surface area contributed by atoms with Gasteiger partial charge in [-0.3, -0.25) is 33.6 Å². The number of aromatic amines is 1. The maximum Gasteiger partial charge on any atom is 0.243 e. The Balaban J connectivity index is 2.00. The first-order chi connectivity index (χ1) is 23.7. The maximum atomic E-state index is 14.0. The van der Waals surface area contributed by atoms with Crippen molar-refractivity contribution >= 4 is 64.0 Å². The van der Waals surface area contributed by atoms with Gasteiger partial charge in [0.15, 0.2) is 0 Å². The van der Waals surface area contributed by atoms with Crippen molar-refractivity contribution in [2.45, 2.75) is 96.4 Å². The second-order valence-electron chi connectivity index (χ2n) is 12.8. The lowest BCUT2D eigenvalue weighted by atomic mass is 9.94. The van der Waals surface area contributed by atoms with E-state index in [4.69, 9.17) is 11.5 Å². The number of thioether (sulfide) groups is 1. The van der Waals surface area contributed by atoms with E-state index in [-0.39, 0.29) is 31.1 Å². The summed E-state index contributed by atoms with van der Waals surface area (Å²) in [6.45, 7) is 7.19. The third-order valence-electron chi connectivity index (χ3n) is 9.06. The van der Waals surface area contributed by atoms with Crippen molar-refractivity contribution in [1.29, 1.82) is 0 Å². The molecule has 1 fully saturated rings. The van der Waals surface area contributed by atoms with E-state index < -0.39 is 78.0 Å². The molecular formula is C34H50N8O7S. The van der Waals surface area contributed by atoms with Crippen molar-refractivity contribution in [1.82, 2.24) is 31.6 Å². The monoisotopic (exact) mass is 714 g/mol. The number of hydrogen-bond donors (Lipinski definition) is 8. The summed E-state index contributed by atoms with van der Waals surface area (Å²) >= 11 is 1.34. The zero-order chi connectivity index (χ0) is 37.0. The second-order valence-corrected chi connectivity index (χ2v) is 14.0. The SMILES string of the molecule is CC[C@H](C)[C@@H]1NC(=O)C(Cc2c[nH]c3ccccc23)NC(=O)CCSCC[C@@H](C(N)=O)NC(=O)C(CC(N)=O)NC(=O)[C@H]([C@@H](C)CC)NC1=O. The van der Waals surface area contributed by atoms with E-state index in [0.717, 1.165) is 16.5 Å². The Bertz CT molecular complexity index is 1550. The van der Waals surface area contributed by atoms with Gasteiger partial charge in [-0.05, 0) is 35.6 Å². The summed E-state index contributed by atoms with van der Waals surface area (Å²) in [5, 5.41) is 14.3. The lowest BCUT2D eigenvalue weighted by Gasteiger charge is -2.31. The van der Waals surface area contributed by atoms with Crippen LogP contribution in [-0.4, -0.2) is 88.0 Å². The van der Waals surface area contributed by atoms with Gasteiger partial charge < -0.3 is 43.0 Å². The number of fused-ring (bicyclic) bond motifs is 1. The van der Waals surface area contributed by atoms with Crippen molar-refractivity contribution in [3.63, 3.8) is 0 Å². The molecule has 7 amide bonds.